The summed E-state index contributed by atoms with van der Waals surface area (Å²) >= 11 is 1.58. The third-order valence-corrected chi connectivity index (χ3v) is 5.23. The standard InChI is InChI=1S/C18H20N4O3S/c1-4-15-19-12(10-26-15)9-21(3)16(23)11-6-7-13-14(8-11)20-18(25)22(5-2)17(13)24/h6-8,10H,4-5,9H2,1-3H3,(H,20,25). The molecule has 3 rings (SSSR count). The number of carbonyl (C=O) groups is 1. The van der Waals surface area contributed by atoms with Crippen LogP contribution in [0.1, 0.15) is 34.9 Å². The van der Waals surface area contributed by atoms with Crippen molar-refractivity contribution >= 4 is 28.1 Å². The molecule has 3 aromatic rings. The number of aryl methyl sites for hydroxylation is 1. The lowest BCUT2D eigenvalue weighted by Crippen LogP contribution is -2.34. The van der Waals surface area contributed by atoms with Gasteiger partial charge in [0.15, 0.2) is 0 Å². The van der Waals surface area contributed by atoms with E-state index in [9.17, 15) is 14.4 Å². The zero-order chi connectivity index (χ0) is 18.8. The van der Waals surface area contributed by atoms with Crippen LogP contribution in [0.3, 0.4) is 0 Å². The quantitative estimate of drug-likeness (QED) is 0.742. The molecule has 0 saturated carbocycles. The molecule has 0 aliphatic heterocycles. The molecule has 0 atom stereocenters. The van der Waals surface area contributed by atoms with Gasteiger partial charge in [-0.3, -0.25) is 14.2 Å². The molecule has 2 heterocycles. The molecule has 1 N–H and O–H groups in total. The monoisotopic (exact) mass is 372 g/mol. The summed E-state index contributed by atoms with van der Waals surface area (Å²) in [7, 11) is 1.70. The highest BCUT2D eigenvalue weighted by Gasteiger charge is 2.15. The van der Waals surface area contributed by atoms with Crippen LogP contribution in [-0.2, 0) is 19.5 Å². The van der Waals surface area contributed by atoms with E-state index in [1.807, 2.05) is 12.3 Å². The van der Waals surface area contributed by atoms with Crippen molar-refractivity contribution in [1.29, 1.82) is 0 Å². The van der Waals surface area contributed by atoms with Gasteiger partial charge in [0, 0.05) is 24.5 Å². The van der Waals surface area contributed by atoms with E-state index in [1.54, 1.807) is 48.4 Å². The van der Waals surface area contributed by atoms with Crippen molar-refractivity contribution in [3.63, 3.8) is 0 Å². The molecule has 1 amide bonds. The Bertz CT molecular complexity index is 1080. The van der Waals surface area contributed by atoms with Crippen LogP contribution in [0, 0.1) is 0 Å². The normalized spacial score (nSPS) is 11.0. The molecule has 0 bridgehead atoms. The highest BCUT2D eigenvalue weighted by atomic mass is 32.1. The zero-order valence-electron chi connectivity index (χ0n) is 14.9. The van der Waals surface area contributed by atoms with Crippen LogP contribution in [0.4, 0.5) is 0 Å². The molecule has 1 aromatic carbocycles. The number of rotatable bonds is 5. The summed E-state index contributed by atoms with van der Waals surface area (Å²) in [4.78, 5) is 45.7. The summed E-state index contributed by atoms with van der Waals surface area (Å²) in [5.41, 5.74) is 0.801. The second-order valence-electron chi connectivity index (χ2n) is 5.99. The fourth-order valence-electron chi connectivity index (χ4n) is 2.79. The molecule has 0 aliphatic carbocycles. The maximum Gasteiger partial charge on any atom is 0.328 e. The van der Waals surface area contributed by atoms with E-state index in [0.29, 0.717) is 29.6 Å². The van der Waals surface area contributed by atoms with Gasteiger partial charge in [-0.25, -0.2) is 9.78 Å². The Balaban J connectivity index is 1.90. The predicted octanol–water partition coefficient (Wildman–Crippen LogP) is 2.00. The van der Waals surface area contributed by atoms with Crippen molar-refractivity contribution in [3.8, 4) is 0 Å². The Labute approximate surface area is 153 Å². The number of aromatic amines is 1. The molecule has 8 heteroatoms. The molecule has 0 radical (unpaired) electrons. The van der Waals surface area contributed by atoms with Crippen molar-refractivity contribution in [3.05, 3.63) is 60.7 Å². The highest BCUT2D eigenvalue weighted by Crippen LogP contribution is 2.15. The van der Waals surface area contributed by atoms with Crippen LogP contribution in [0.25, 0.3) is 10.9 Å². The number of nitrogens with zero attached hydrogens (tertiary/aromatic N) is 3. The maximum absolute atomic E-state index is 12.7. The molecular formula is C18H20N4O3S. The fraction of sp³-hybridized carbons (Fsp3) is 0.333. The Morgan fingerprint density at radius 3 is 2.73 bits per heavy atom. The third-order valence-electron chi connectivity index (χ3n) is 4.19. The number of fused-ring (bicyclic) bond motifs is 1. The molecule has 0 spiro atoms. The molecule has 2 aromatic heterocycles. The van der Waals surface area contributed by atoms with Gasteiger partial charge in [-0.1, -0.05) is 6.92 Å². The summed E-state index contributed by atoms with van der Waals surface area (Å²) in [5, 5.41) is 3.38. The fourth-order valence-corrected chi connectivity index (χ4v) is 3.53. The largest absolute Gasteiger partial charge is 0.336 e. The van der Waals surface area contributed by atoms with Crippen molar-refractivity contribution in [2.45, 2.75) is 33.4 Å². The van der Waals surface area contributed by atoms with E-state index in [4.69, 9.17) is 0 Å². The lowest BCUT2D eigenvalue weighted by Gasteiger charge is -2.16. The van der Waals surface area contributed by atoms with E-state index in [1.165, 1.54) is 0 Å². The molecule has 26 heavy (non-hydrogen) atoms. The van der Waals surface area contributed by atoms with Crippen molar-refractivity contribution in [1.82, 2.24) is 19.4 Å². The van der Waals surface area contributed by atoms with E-state index in [0.717, 1.165) is 21.7 Å². The molecule has 136 valence electrons. The summed E-state index contributed by atoms with van der Waals surface area (Å²) in [6.45, 7) is 4.47. The summed E-state index contributed by atoms with van der Waals surface area (Å²) < 4.78 is 1.13. The Morgan fingerprint density at radius 1 is 1.31 bits per heavy atom. The second kappa shape index (κ2) is 7.25. The first-order valence-corrected chi connectivity index (χ1v) is 9.28. The average Bonchev–Trinajstić information content (AvgIpc) is 3.08. The molecule has 0 unspecified atom stereocenters. The molecular weight excluding hydrogens is 352 g/mol. The first-order chi connectivity index (χ1) is 12.4. The van der Waals surface area contributed by atoms with Gasteiger partial charge in [-0.15, -0.1) is 11.3 Å². The average molecular weight is 372 g/mol. The minimum Gasteiger partial charge on any atom is -0.336 e. The summed E-state index contributed by atoms with van der Waals surface area (Å²) in [6, 6.07) is 4.74. The predicted molar refractivity (Wildman–Crippen MR) is 102 cm³/mol. The van der Waals surface area contributed by atoms with Gasteiger partial charge in [0.2, 0.25) is 0 Å². The van der Waals surface area contributed by atoms with Crippen molar-refractivity contribution in [2.24, 2.45) is 0 Å². The number of nitrogens with one attached hydrogen (secondary N) is 1. The van der Waals surface area contributed by atoms with Gasteiger partial charge in [-0.2, -0.15) is 0 Å². The summed E-state index contributed by atoms with van der Waals surface area (Å²) in [6.07, 6.45) is 0.871. The molecule has 0 fully saturated rings. The zero-order valence-corrected chi connectivity index (χ0v) is 15.7. The van der Waals surface area contributed by atoms with Crippen molar-refractivity contribution < 1.29 is 4.79 Å². The number of aromatic nitrogens is 3. The number of carbonyl (C=O) groups excluding carboxylic acids is 1. The van der Waals surface area contributed by atoms with Crippen LogP contribution in [0.2, 0.25) is 0 Å². The number of hydrogen-bond acceptors (Lipinski definition) is 5. The molecule has 7 nitrogen and oxygen atoms in total. The van der Waals surface area contributed by atoms with E-state index in [2.05, 4.69) is 9.97 Å². The first-order valence-electron chi connectivity index (χ1n) is 8.40. The van der Waals surface area contributed by atoms with Gasteiger partial charge in [0.05, 0.1) is 28.1 Å². The van der Waals surface area contributed by atoms with Crippen molar-refractivity contribution in [2.75, 3.05) is 7.05 Å². The lowest BCUT2D eigenvalue weighted by atomic mass is 10.1. The maximum atomic E-state index is 12.7. The van der Waals surface area contributed by atoms with Gasteiger partial charge in [-0.05, 0) is 31.5 Å². The number of thiazole rings is 1. The number of benzene rings is 1. The second-order valence-corrected chi connectivity index (χ2v) is 6.93. The van der Waals surface area contributed by atoms with E-state index >= 15 is 0 Å². The van der Waals surface area contributed by atoms with Gasteiger partial charge in [0.1, 0.15) is 0 Å². The third kappa shape index (κ3) is 3.32. The minimum absolute atomic E-state index is 0.196. The van der Waals surface area contributed by atoms with Crippen LogP contribution in [0.15, 0.2) is 33.2 Å². The minimum atomic E-state index is -0.475. The lowest BCUT2D eigenvalue weighted by molar-refractivity contribution is 0.0783. The number of H-pyrrole nitrogens is 1. The summed E-state index contributed by atoms with van der Waals surface area (Å²) in [5.74, 6) is -0.196. The Morgan fingerprint density at radius 2 is 2.08 bits per heavy atom. The van der Waals surface area contributed by atoms with Gasteiger partial charge in [0.25, 0.3) is 11.5 Å². The van der Waals surface area contributed by atoms with Crippen LogP contribution < -0.4 is 11.2 Å². The van der Waals surface area contributed by atoms with E-state index in [-0.39, 0.29) is 11.5 Å². The Hall–Kier alpha value is -2.74. The number of amides is 1. The number of hydrogen-bond donors (Lipinski definition) is 1. The highest BCUT2D eigenvalue weighted by molar-refractivity contribution is 7.09. The van der Waals surface area contributed by atoms with E-state index < -0.39 is 5.69 Å². The van der Waals surface area contributed by atoms with Crippen LogP contribution in [-0.4, -0.2) is 32.4 Å². The Kier molecular flexibility index (Phi) is 5.03. The van der Waals surface area contributed by atoms with Gasteiger partial charge >= 0.3 is 5.69 Å². The van der Waals surface area contributed by atoms with Crippen LogP contribution >= 0.6 is 11.3 Å². The SMILES string of the molecule is CCc1nc(CN(C)C(=O)c2ccc3c(=O)n(CC)c(=O)[nH]c3c2)cs1. The first kappa shape index (κ1) is 18.1. The van der Waals surface area contributed by atoms with Gasteiger partial charge < -0.3 is 9.88 Å². The van der Waals surface area contributed by atoms with Crippen LogP contribution in [0.5, 0.6) is 0 Å². The molecule has 0 aliphatic rings. The topological polar surface area (TPSA) is 88.1 Å². The molecule has 0 saturated heterocycles. The smallest absolute Gasteiger partial charge is 0.328 e.